The number of aromatic amines is 1. The predicted octanol–water partition coefficient (Wildman–Crippen LogP) is 6.22. The molecule has 0 radical (unpaired) electrons. The summed E-state index contributed by atoms with van der Waals surface area (Å²) < 4.78 is 5.74. The number of esters is 1. The number of para-hydroxylation sites is 1. The van der Waals surface area contributed by atoms with Crippen LogP contribution in [0.4, 0.5) is 0 Å². The van der Waals surface area contributed by atoms with Gasteiger partial charge in [-0.2, -0.15) is 0 Å². The van der Waals surface area contributed by atoms with Gasteiger partial charge in [0.25, 0.3) is 0 Å². The van der Waals surface area contributed by atoms with Crippen LogP contribution >= 0.6 is 11.8 Å². The molecule has 0 aliphatic carbocycles. The number of thioether (sulfide) groups is 1. The van der Waals surface area contributed by atoms with Crippen molar-refractivity contribution in [2.45, 2.75) is 51.3 Å². The van der Waals surface area contributed by atoms with Crippen molar-refractivity contribution in [1.29, 1.82) is 0 Å². The standard InChI is InChI=1S/C21H25NO2S/c1-11(2)16-17(12(3)4)20(24-13(5)23)21(25-6)19-18(16)14-9-7-8-10-15(14)22-19/h7-12,22H,1-6H3. The van der Waals surface area contributed by atoms with Crippen molar-refractivity contribution >= 4 is 39.5 Å². The molecule has 0 aliphatic heterocycles. The molecule has 0 aliphatic rings. The average Bonchev–Trinajstić information content (AvgIpc) is 2.91. The van der Waals surface area contributed by atoms with Gasteiger partial charge in [-0.05, 0) is 29.7 Å². The van der Waals surface area contributed by atoms with Gasteiger partial charge in [0.05, 0.1) is 10.4 Å². The van der Waals surface area contributed by atoms with Crippen molar-refractivity contribution in [3.63, 3.8) is 0 Å². The third kappa shape index (κ3) is 2.93. The molecule has 1 heterocycles. The summed E-state index contributed by atoms with van der Waals surface area (Å²) in [7, 11) is 0. The number of fused-ring (bicyclic) bond motifs is 3. The number of rotatable bonds is 4. The number of hydrogen-bond donors (Lipinski definition) is 1. The van der Waals surface area contributed by atoms with Crippen molar-refractivity contribution < 1.29 is 9.53 Å². The first-order chi connectivity index (χ1) is 11.9. The Balaban J connectivity index is 2.59. The maximum atomic E-state index is 11.8. The Kier molecular flexibility index (Phi) is 4.83. The summed E-state index contributed by atoms with van der Waals surface area (Å²) in [4.78, 5) is 16.4. The summed E-state index contributed by atoms with van der Waals surface area (Å²) >= 11 is 1.63. The number of carbonyl (C=O) groups excluding carboxylic acids is 1. The van der Waals surface area contributed by atoms with E-state index in [2.05, 4.69) is 50.9 Å². The lowest BCUT2D eigenvalue weighted by Gasteiger charge is -2.23. The zero-order chi connectivity index (χ0) is 18.3. The zero-order valence-corrected chi connectivity index (χ0v) is 16.5. The van der Waals surface area contributed by atoms with Gasteiger partial charge >= 0.3 is 5.97 Å². The number of nitrogens with one attached hydrogen (secondary N) is 1. The number of benzene rings is 2. The first-order valence-corrected chi connectivity index (χ1v) is 9.91. The molecule has 0 bridgehead atoms. The van der Waals surface area contributed by atoms with E-state index in [4.69, 9.17) is 4.74 Å². The van der Waals surface area contributed by atoms with Crippen LogP contribution < -0.4 is 4.74 Å². The van der Waals surface area contributed by atoms with E-state index in [1.54, 1.807) is 11.8 Å². The van der Waals surface area contributed by atoms with E-state index in [0.29, 0.717) is 5.92 Å². The second kappa shape index (κ2) is 6.75. The van der Waals surface area contributed by atoms with Gasteiger partial charge in [-0.3, -0.25) is 4.79 Å². The lowest BCUT2D eigenvalue weighted by Crippen LogP contribution is -2.10. The molecule has 3 aromatic rings. The number of carbonyl (C=O) groups is 1. The molecule has 0 saturated heterocycles. The molecular formula is C21H25NO2S. The van der Waals surface area contributed by atoms with Crippen molar-refractivity contribution in [2.75, 3.05) is 6.26 Å². The summed E-state index contributed by atoms with van der Waals surface area (Å²) in [6, 6.07) is 8.39. The van der Waals surface area contributed by atoms with Crippen LogP contribution in [0.2, 0.25) is 0 Å². The Morgan fingerprint density at radius 3 is 2.28 bits per heavy atom. The van der Waals surface area contributed by atoms with Gasteiger partial charge in [-0.15, -0.1) is 11.8 Å². The quantitative estimate of drug-likeness (QED) is 0.343. The molecule has 0 fully saturated rings. The minimum absolute atomic E-state index is 0.260. The molecule has 25 heavy (non-hydrogen) atoms. The molecule has 4 heteroatoms. The van der Waals surface area contributed by atoms with Crippen molar-refractivity contribution in [2.24, 2.45) is 0 Å². The molecule has 2 aromatic carbocycles. The fraction of sp³-hybridized carbons (Fsp3) is 0.381. The van der Waals surface area contributed by atoms with E-state index in [9.17, 15) is 4.79 Å². The first kappa shape index (κ1) is 17.9. The van der Waals surface area contributed by atoms with Crippen LogP contribution in [0.15, 0.2) is 29.2 Å². The van der Waals surface area contributed by atoms with E-state index in [1.165, 1.54) is 23.3 Å². The summed E-state index contributed by atoms with van der Waals surface area (Å²) in [5.41, 5.74) is 4.60. The largest absolute Gasteiger partial charge is 0.425 e. The number of hydrogen-bond acceptors (Lipinski definition) is 3. The second-order valence-corrected chi connectivity index (χ2v) is 7.83. The van der Waals surface area contributed by atoms with Crippen LogP contribution in [-0.4, -0.2) is 17.2 Å². The van der Waals surface area contributed by atoms with E-state index >= 15 is 0 Å². The Morgan fingerprint density at radius 1 is 1.08 bits per heavy atom. The summed E-state index contributed by atoms with van der Waals surface area (Å²) in [6.07, 6.45) is 2.03. The van der Waals surface area contributed by atoms with Gasteiger partial charge < -0.3 is 9.72 Å². The maximum absolute atomic E-state index is 11.8. The lowest BCUT2D eigenvalue weighted by molar-refractivity contribution is -0.132. The van der Waals surface area contributed by atoms with Crippen molar-refractivity contribution in [3.05, 3.63) is 35.4 Å². The smallest absolute Gasteiger partial charge is 0.308 e. The highest BCUT2D eigenvalue weighted by Gasteiger charge is 2.27. The molecule has 132 valence electrons. The van der Waals surface area contributed by atoms with Crippen LogP contribution in [0, 0.1) is 0 Å². The van der Waals surface area contributed by atoms with Gasteiger partial charge in [0.15, 0.2) is 0 Å². The summed E-state index contributed by atoms with van der Waals surface area (Å²) in [5, 5.41) is 2.49. The second-order valence-electron chi connectivity index (χ2n) is 7.01. The molecule has 3 rings (SSSR count). The highest BCUT2D eigenvalue weighted by atomic mass is 32.2. The lowest BCUT2D eigenvalue weighted by atomic mass is 9.86. The molecule has 1 N–H and O–H groups in total. The van der Waals surface area contributed by atoms with Gasteiger partial charge in [-0.25, -0.2) is 0 Å². The fourth-order valence-corrected chi connectivity index (χ4v) is 4.39. The predicted molar refractivity (Wildman–Crippen MR) is 107 cm³/mol. The molecule has 0 amide bonds. The third-order valence-corrected chi connectivity index (χ3v) is 5.35. The van der Waals surface area contributed by atoms with E-state index in [0.717, 1.165) is 27.2 Å². The highest BCUT2D eigenvalue weighted by Crippen LogP contribution is 2.48. The Hall–Kier alpha value is -1.94. The number of H-pyrrole nitrogens is 1. The van der Waals surface area contributed by atoms with Gasteiger partial charge in [0.1, 0.15) is 5.75 Å². The van der Waals surface area contributed by atoms with Gasteiger partial charge in [-0.1, -0.05) is 45.9 Å². The first-order valence-electron chi connectivity index (χ1n) is 8.69. The summed E-state index contributed by atoms with van der Waals surface area (Å²) in [6.45, 7) is 10.2. The molecule has 3 nitrogen and oxygen atoms in total. The highest BCUT2D eigenvalue weighted by molar-refractivity contribution is 7.99. The number of aromatic nitrogens is 1. The van der Waals surface area contributed by atoms with Crippen LogP contribution in [-0.2, 0) is 4.79 Å². The van der Waals surface area contributed by atoms with Gasteiger partial charge in [0, 0.05) is 28.8 Å². The summed E-state index contributed by atoms with van der Waals surface area (Å²) in [5.74, 6) is 1.03. The number of ether oxygens (including phenoxy) is 1. The Morgan fingerprint density at radius 2 is 1.72 bits per heavy atom. The molecular weight excluding hydrogens is 330 g/mol. The van der Waals surface area contributed by atoms with Crippen molar-refractivity contribution in [1.82, 2.24) is 4.98 Å². The topological polar surface area (TPSA) is 42.1 Å². The van der Waals surface area contributed by atoms with E-state index in [-0.39, 0.29) is 11.9 Å². The van der Waals surface area contributed by atoms with Crippen LogP contribution in [0.25, 0.3) is 21.8 Å². The molecule has 0 saturated carbocycles. The zero-order valence-electron chi connectivity index (χ0n) is 15.7. The minimum Gasteiger partial charge on any atom is -0.425 e. The maximum Gasteiger partial charge on any atom is 0.308 e. The SMILES string of the molecule is CSc1c(OC(C)=O)c(C(C)C)c(C(C)C)c2c1[nH]c1ccccc12. The molecule has 1 aromatic heterocycles. The van der Waals surface area contributed by atoms with Crippen LogP contribution in [0.5, 0.6) is 5.75 Å². The van der Waals surface area contributed by atoms with Crippen LogP contribution in [0.1, 0.15) is 57.6 Å². The molecule has 0 spiro atoms. The van der Waals surface area contributed by atoms with E-state index in [1.807, 2.05) is 12.3 Å². The Labute approximate surface area is 153 Å². The van der Waals surface area contributed by atoms with Crippen LogP contribution in [0.3, 0.4) is 0 Å². The molecule has 0 unspecified atom stereocenters. The fourth-order valence-electron chi connectivity index (χ4n) is 3.70. The molecule has 0 atom stereocenters. The minimum atomic E-state index is -0.276. The average molecular weight is 356 g/mol. The van der Waals surface area contributed by atoms with E-state index < -0.39 is 0 Å². The van der Waals surface area contributed by atoms with Gasteiger partial charge in [0.2, 0.25) is 0 Å². The van der Waals surface area contributed by atoms with Crippen molar-refractivity contribution in [3.8, 4) is 5.75 Å². The monoisotopic (exact) mass is 355 g/mol. The third-order valence-electron chi connectivity index (χ3n) is 4.55. The Bertz CT molecular complexity index is 954. The normalized spacial score (nSPS) is 11.8.